The summed E-state index contributed by atoms with van der Waals surface area (Å²) in [6.07, 6.45) is 2.50. The average Bonchev–Trinajstić information content (AvgIpc) is 2.47. The Morgan fingerprint density at radius 1 is 1.19 bits per heavy atom. The van der Waals surface area contributed by atoms with Gasteiger partial charge < -0.3 is 15.3 Å². The lowest BCUT2D eigenvalue weighted by Gasteiger charge is -2.21. The van der Waals surface area contributed by atoms with E-state index in [0.29, 0.717) is 13.0 Å². The van der Waals surface area contributed by atoms with Gasteiger partial charge in [-0.15, -0.1) is 0 Å². The van der Waals surface area contributed by atoms with Crippen LogP contribution in [0.15, 0.2) is 24.3 Å². The SMILES string of the molecule is CCCN(CCC)C(=O)NCCc1cccc(C(=O)O)c1. The van der Waals surface area contributed by atoms with Gasteiger partial charge in [0.15, 0.2) is 0 Å². The highest BCUT2D eigenvalue weighted by molar-refractivity contribution is 5.87. The number of urea groups is 1. The van der Waals surface area contributed by atoms with Crippen molar-refractivity contribution < 1.29 is 14.7 Å². The molecule has 0 aliphatic heterocycles. The van der Waals surface area contributed by atoms with E-state index in [9.17, 15) is 9.59 Å². The number of rotatable bonds is 8. The van der Waals surface area contributed by atoms with E-state index >= 15 is 0 Å². The van der Waals surface area contributed by atoms with Crippen molar-refractivity contribution in [2.45, 2.75) is 33.1 Å². The first-order chi connectivity index (χ1) is 10.1. The number of nitrogens with zero attached hydrogens (tertiary/aromatic N) is 1. The minimum atomic E-state index is -0.932. The normalized spacial score (nSPS) is 10.2. The van der Waals surface area contributed by atoms with Crippen LogP contribution in [0, 0.1) is 0 Å². The van der Waals surface area contributed by atoms with Crippen molar-refractivity contribution >= 4 is 12.0 Å². The molecule has 5 heteroatoms. The second-order valence-electron chi connectivity index (χ2n) is 4.97. The average molecular weight is 292 g/mol. The third-order valence-electron chi connectivity index (χ3n) is 3.14. The van der Waals surface area contributed by atoms with Crippen LogP contribution in [0.5, 0.6) is 0 Å². The van der Waals surface area contributed by atoms with Crippen molar-refractivity contribution in [1.82, 2.24) is 10.2 Å². The highest BCUT2D eigenvalue weighted by atomic mass is 16.4. The highest BCUT2D eigenvalue weighted by Gasteiger charge is 2.10. The maximum atomic E-state index is 12.0. The maximum Gasteiger partial charge on any atom is 0.335 e. The maximum absolute atomic E-state index is 12.0. The predicted molar refractivity (Wildman–Crippen MR) is 82.7 cm³/mol. The van der Waals surface area contributed by atoms with Crippen LogP contribution in [0.3, 0.4) is 0 Å². The number of carbonyl (C=O) groups excluding carboxylic acids is 1. The van der Waals surface area contributed by atoms with Gasteiger partial charge in [0, 0.05) is 19.6 Å². The highest BCUT2D eigenvalue weighted by Crippen LogP contribution is 2.06. The number of nitrogens with one attached hydrogen (secondary N) is 1. The molecule has 0 saturated carbocycles. The van der Waals surface area contributed by atoms with Gasteiger partial charge in [-0.1, -0.05) is 26.0 Å². The Labute approximate surface area is 126 Å². The molecule has 2 amide bonds. The Morgan fingerprint density at radius 3 is 2.43 bits per heavy atom. The molecule has 1 aromatic rings. The molecule has 2 N–H and O–H groups in total. The summed E-state index contributed by atoms with van der Waals surface area (Å²) in [6, 6.07) is 6.75. The Morgan fingerprint density at radius 2 is 1.86 bits per heavy atom. The topological polar surface area (TPSA) is 69.6 Å². The van der Waals surface area contributed by atoms with Crippen LogP contribution in [-0.4, -0.2) is 41.6 Å². The van der Waals surface area contributed by atoms with Crippen molar-refractivity contribution in [3.05, 3.63) is 35.4 Å². The first kappa shape index (κ1) is 17.0. The summed E-state index contributed by atoms with van der Waals surface area (Å²) in [6.45, 7) is 6.12. The first-order valence-corrected chi connectivity index (χ1v) is 7.43. The molecule has 0 aromatic heterocycles. The number of aromatic carboxylic acids is 1. The van der Waals surface area contributed by atoms with Gasteiger partial charge >= 0.3 is 12.0 Å². The van der Waals surface area contributed by atoms with Crippen molar-refractivity contribution in [3.63, 3.8) is 0 Å². The zero-order chi connectivity index (χ0) is 15.7. The van der Waals surface area contributed by atoms with Gasteiger partial charge in [0.2, 0.25) is 0 Å². The van der Waals surface area contributed by atoms with E-state index in [2.05, 4.69) is 5.32 Å². The van der Waals surface area contributed by atoms with E-state index in [1.165, 1.54) is 0 Å². The molecular weight excluding hydrogens is 268 g/mol. The number of carbonyl (C=O) groups is 2. The molecule has 21 heavy (non-hydrogen) atoms. The molecule has 0 fully saturated rings. The lowest BCUT2D eigenvalue weighted by atomic mass is 10.1. The monoisotopic (exact) mass is 292 g/mol. The van der Waals surface area contributed by atoms with Crippen molar-refractivity contribution in [2.75, 3.05) is 19.6 Å². The second kappa shape index (κ2) is 9.00. The van der Waals surface area contributed by atoms with Gasteiger partial charge in [-0.25, -0.2) is 9.59 Å². The molecule has 5 nitrogen and oxygen atoms in total. The van der Waals surface area contributed by atoms with E-state index in [0.717, 1.165) is 31.5 Å². The summed E-state index contributed by atoms with van der Waals surface area (Å²) in [5.74, 6) is -0.932. The summed E-state index contributed by atoms with van der Waals surface area (Å²) in [7, 11) is 0. The zero-order valence-electron chi connectivity index (χ0n) is 12.8. The Bertz CT molecular complexity index is 468. The third kappa shape index (κ3) is 5.85. The molecule has 0 atom stereocenters. The zero-order valence-corrected chi connectivity index (χ0v) is 12.8. The fraction of sp³-hybridized carbons (Fsp3) is 0.500. The summed E-state index contributed by atoms with van der Waals surface area (Å²) in [4.78, 5) is 24.7. The summed E-state index contributed by atoms with van der Waals surface area (Å²) in [5, 5.41) is 11.8. The van der Waals surface area contributed by atoms with Crippen LogP contribution in [0.4, 0.5) is 4.79 Å². The van der Waals surface area contributed by atoms with E-state index < -0.39 is 5.97 Å². The van der Waals surface area contributed by atoms with Gasteiger partial charge in [0.25, 0.3) is 0 Å². The number of hydrogen-bond acceptors (Lipinski definition) is 2. The Hall–Kier alpha value is -2.04. The second-order valence-corrected chi connectivity index (χ2v) is 4.97. The molecule has 0 aliphatic rings. The van der Waals surface area contributed by atoms with Crippen LogP contribution in [0.25, 0.3) is 0 Å². The standard InChI is InChI=1S/C16H24N2O3/c1-3-10-18(11-4-2)16(21)17-9-8-13-6-5-7-14(12-13)15(19)20/h5-7,12H,3-4,8-11H2,1-2H3,(H,17,21)(H,19,20). The van der Waals surface area contributed by atoms with Gasteiger partial charge in [-0.2, -0.15) is 0 Å². The minimum Gasteiger partial charge on any atom is -0.478 e. The number of benzene rings is 1. The third-order valence-corrected chi connectivity index (χ3v) is 3.14. The molecule has 0 aliphatic carbocycles. The van der Waals surface area contributed by atoms with Gasteiger partial charge in [-0.3, -0.25) is 0 Å². The molecule has 1 rings (SSSR count). The molecule has 0 unspecified atom stereocenters. The summed E-state index contributed by atoms with van der Waals surface area (Å²) in [5.41, 5.74) is 1.19. The molecule has 0 heterocycles. The van der Waals surface area contributed by atoms with Crippen molar-refractivity contribution in [2.24, 2.45) is 0 Å². The molecule has 0 saturated heterocycles. The van der Waals surface area contributed by atoms with Crippen LogP contribution in [0.2, 0.25) is 0 Å². The minimum absolute atomic E-state index is 0.0481. The number of carboxylic acid groups (broad SMARTS) is 1. The van der Waals surface area contributed by atoms with Crippen LogP contribution < -0.4 is 5.32 Å². The van der Waals surface area contributed by atoms with Crippen LogP contribution >= 0.6 is 0 Å². The Kier molecular flexibility index (Phi) is 7.29. The van der Waals surface area contributed by atoms with Crippen molar-refractivity contribution in [3.8, 4) is 0 Å². The summed E-state index contributed by atoms with van der Waals surface area (Å²) < 4.78 is 0. The van der Waals surface area contributed by atoms with E-state index in [-0.39, 0.29) is 11.6 Å². The predicted octanol–water partition coefficient (Wildman–Crippen LogP) is 2.76. The van der Waals surface area contributed by atoms with Crippen LogP contribution in [-0.2, 0) is 6.42 Å². The quantitative estimate of drug-likeness (QED) is 0.774. The van der Waals surface area contributed by atoms with Gasteiger partial charge in [0.1, 0.15) is 0 Å². The van der Waals surface area contributed by atoms with Gasteiger partial charge in [0.05, 0.1) is 5.56 Å². The molecule has 1 aromatic carbocycles. The molecule has 0 radical (unpaired) electrons. The number of carboxylic acids is 1. The van der Waals surface area contributed by atoms with Gasteiger partial charge in [-0.05, 0) is 37.0 Å². The smallest absolute Gasteiger partial charge is 0.335 e. The lowest BCUT2D eigenvalue weighted by molar-refractivity contribution is 0.0696. The largest absolute Gasteiger partial charge is 0.478 e. The van der Waals surface area contributed by atoms with E-state index in [1.807, 2.05) is 24.8 Å². The molecule has 116 valence electrons. The van der Waals surface area contributed by atoms with E-state index in [1.54, 1.807) is 18.2 Å². The van der Waals surface area contributed by atoms with E-state index in [4.69, 9.17) is 5.11 Å². The summed E-state index contributed by atoms with van der Waals surface area (Å²) >= 11 is 0. The lowest BCUT2D eigenvalue weighted by Crippen LogP contribution is -2.41. The molecule has 0 spiro atoms. The van der Waals surface area contributed by atoms with Crippen molar-refractivity contribution in [1.29, 1.82) is 0 Å². The Balaban J connectivity index is 2.46. The molecule has 0 bridgehead atoms. The first-order valence-electron chi connectivity index (χ1n) is 7.43. The fourth-order valence-electron chi connectivity index (χ4n) is 2.14. The van der Waals surface area contributed by atoms with Crippen LogP contribution in [0.1, 0.15) is 42.6 Å². The fourth-order valence-corrected chi connectivity index (χ4v) is 2.14. The molecular formula is C16H24N2O3. The number of amides is 2. The number of hydrogen-bond donors (Lipinski definition) is 2.